The molecule has 19 nitrogen and oxygen atoms in total. The van der Waals surface area contributed by atoms with E-state index in [0.29, 0.717) is 12.8 Å². The van der Waals surface area contributed by atoms with Gasteiger partial charge in [0, 0.05) is 6.42 Å². The highest BCUT2D eigenvalue weighted by Crippen LogP contribution is 2.33. The van der Waals surface area contributed by atoms with E-state index in [1.54, 1.807) is 18.2 Å². The highest BCUT2D eigenvalue weighted by molar-refractivity contribution is 5.77. The quantitative estimate of drug-likeness (QED) is 0.0255. The standard InChI is InChI=1S/C63H105NO18/c1-3-5-7-9-11-13-15-17-19-20-21-22-23-24-25-27-28-30-32-34-36-38-40-47(68)46(64-51(69)41-39-37-35-33-31-29-26-18-16-14-12-10-8-6-4-2)45-77-61-57(75)54(72)59(49(43-66)79-61)82-63-58(76)55(73)60(50(44-67)80-63)81-62-56(74)53(71)52(70)48(42-65)78-62/h6,8,12,14,18,24-26,30-33,37-40,46-50,52-63,65-68,70-76H,3-5,7,9-11,13,15-17,19-23,27-29,34-36,41-45H2,1-2H3,(H,64,69)/b8-6-,14-12-,25-24+,26-18-,32-30+,33-31-,39-37-,40-38+. The van der Waals surface area contributed by atoms with Crippen LogP contribution in [-0.2, 0) is 33.2 Å². The number of nitrogens with one attached hydrogen (secondary N) is 1. The largest absolute Gasteiger partial charge is 0.394 e. The number of hydrogen-bond acceptors (Lipinski definition) is 18. The Morgan fingerprint density at radius 2 is 0.854 bits per heavy atom. The second kappa shape index (κ2) is 45.1. The zero-order valence-corrected chi connectivity index (χ0v) is 48.9. The van der Waals surface area contributed by atoms with Crippen molar-refractivity contribution in [2.24, 2.45) is 0 Å². The number of aliphatic hydroxyl groups is 11. The first-order chi connectivity index (χ1) is 39.8. The van der Waals surface area contributed by atoms with Gasteiger partial charge in [-0.25, -0.2) is 0 Å². The van der Waals surface area contributed by atoms with Gasteiger partial charge in [-0.2, -0.15) is 0 Å². The fraction of sp³-hybridized carbons (Fsp3) is 0.730. The Bertz CT molecular complexity index is 1870. The minimum absolute atomic E-state index is 0.00569. The molecule has 17 atom stereocenters. The molecule has 82 heavy (non-hydrogen) atoms. The fourth-order valence-electron chi connectivity index (χ4n) is 9.64. The number of allylic oxidation sites excluding steroid dienone is 14. The lowest BCUT2D eigenvalue weighted by Gasteiger charge is -2.48. The minimum Gasteiger partial charge on any atom is -0.394 e. The van der Waals surface area contributed by atoms with E-state index < -0.39 is 137 Å². The van der Waals surface area contributed by atoms with Crippen molar-refractivity contribution in [3.63, 3.8) is 0 Å². The van der Waals surface area contributed by atoms with Gasteiger partial charge < -0.3 is 89.9 Å². The lowest BCUT2D eigenvalue weighted by atomic mass is 9.96. The van der Waals surface area contributed by atoms with Gasteiger partial charge in [0.2, 0.25) is 5.91 Å². The van der Waals surface area contributed by atoms with Crippen LogP contribution in [0.3, 0.4) is 0 Å². The first-order valence-electron chi connectivity index (χ1n) is 30.5. The van der Waals surface area contributed by atoms with Crippen molar-refractivity contribution in [1.29, 1.82) is 0 Å². The zero-order chi connectivity index (χ0) is 59.7. The van der Waals surface area contributed by atoms with Gasteiger partial charge in [0.1, 0.15) is 73.2 Å². The van der Waals surface area contributed by atoms with Gasteiger partial charge in [0.25, 0.3) is 0 Å². The SMILES string of the molecule is CC/C=C\C/C=C\C/C=C\C/C=C\C/C=C\CC(=O)NC(COC1OC(CO)C(OC2OC(CO)C(OC3OC(CO)C(O)C(O)C3O)C(O)C2O)C(O)C1O)C(O)/C=C/CC/C=C/CC/C=C/CCCCCCCCCCCCCC. The van der Waals surface area contributed by atoms with Crippen LogP contribution >= 0.6 is 0 Å². The molecule has 0 bridgehead atoms. The normalized spacial score (nSPS) is 30.3. The second-order valence-electron chi connectivity index (χ2n) is 21.4. The smallest absolute Gasteiger partial charge is 0.224 e. The number of ether oxygens (including phenoxy) is 6. The predicted molar refractivity (Wildman–Crippen MR) is 314 cm³/mol. The molecule has 0 saturated carbocycles. The van der Waals surface area contributed by atoms with Crippen LogP contribution in [0.15, 0.2) is 97.2 Å². The summed E-state index contributed by atoms with van der Waals surface area (Å²) in [6, 6.07) is -1.06. The molecule has 3 fully saturated rings. The number of rotatable bonds is 43. The van der Waals surface area contributed by atoms with Gasteiger partial charge >= 0.3 is 0 Å². The molecule has 3 rings (SSSR count). The Labute approximate surface area is 488 Å². The molecule has 1 amide bonds. The van der Waals surface area contributed by atoms with Crippen molar-refractivity contribution in [1.82, 2.24) is 5.32 Å². The summed E-state index contributed by atoms with van der Waals surface area (Å²) in [5.74, 6) is -0.421. The van der Waals surface area contributed by atoms with E-state index in [0.717, 1.165) is 51.4 Å². The van der Waals surface area contributed by atoms with E-state index in [9.17, 15) is 61.0 Å². The molecule has 0 aliphatic carbocycles. The Kier molecular flexibility index (Phi) is 40.1. The Balaban J connectivity index is 1.54. The van der Waals surface area contributed by atoms with E-state index in [1.165, 1.54) is 77.0 Å². The van der Waals surface area contributed by atoms with Crippen LogP contribution < -0.4 is 5.32 Å². The summed E-state index contributed by atoms with van der Waals surface area (Å²) in [7, 11) is 0. The fourth-order valence-corrected chi connectivity index (χ4v) is 9.64. The molecule has 0 spiro atoms. The first kappa shape index (κ1) is 73.0. The molecular weight excluding hydrogens is 1060 g/mol. The van der Waals surface area contributed by atoms with E-state index in [4.69, 9.17) is 28.4 Å². The third-order valence-electron chi connectivity index (χ3n) is 14.6. The molecule has 0 aromatic heterocycles. The van der Waals surface area contributed by atoms with Crippen LogP contribution in [0.1, 0.15) is 162 Å². The summed E-state index contributed by atoms with van der Waals surface area (Å²) >= 11 is 0. The third kappa shape index (κ3) is 28.3. The number of carbonyl (C=O) groups is 1. The summed E-state index contributed by atoms with van der Waals surface area (Å²) in [6.07, 6.45) is 30.0. The minimum atomic E-state index is -1.99. The molecule has 17 unspecified atom stereocenters. The number of hydrogen-bond donors (Lipinski definition) is 12. The van der Waals surface area contributed by atoms with Crippen molar-refractivity contribution in [3.05, 3.63) is 97.2 Å². The van der Waals surface area contributed by atoms with Crippen molar-refractivity contribution in [2.75, 3.05) is 26.4 Å². The second-order valence-corrected chi connectivity index (χ2v) is 21.4. The average molecular weight is 1160 g/mol. The van der Waals surface area contributed by atoms with E-state index >= 15 is 0 Å². The Morgan fingerprint density at radius 1 is 0.451 bits per heavy atom. The first-order valence-corrected chi connectivity index (χ1v) is 30.5. The molecular formula is C63H105NO18. The highest BCUT2D eigenvalue weighted by Gasteiger charge is 2.53. The van der Waals surface area contributed by atoms with Crippen LogP contribution in [0.25, 0.3) is 0 Å². The van der Waals surface area contributed by atoms with E-state index in [1.807, 2.05) is 18.2 Å². The molecule has 0 aromatic carbocycles. The summed E-state index contributed by atoms with van der Waals surface area (Å²) in [4.78, 5) is 13.2. The number of aliphatic hydroxyl groups excluding tert-OH is 11. The van der Waals surface area contributed by atoms with Crippen LogP contribution in [0, 0.1) is 0 Å². The average Bonchev–Trinajstić information content (AvgIpc) is 3.40. The summed E-state index contributed by atoms with van der Waals surface area (Å²) in [5, 5.41) is 120. The van der Waals surface area contributed by atoms with Gasteiger partial charge in [-0.05, 0) is 70.6 Å². The number of unbranched alkanes of at least 4 members (excludes halogenated alkanes) is 14. The molecule has 19 heteroatoms. The van der Waals surface area contributed by atoms with E-state index in [-0.39, 0.29) is 6.42 Å². The lowest BCUT2D eigenvalue weighted by Crippen LogP contribution is -2.66. The molecule has 3 heterocycles. The molecule has 12 N–H and O–H groups in total. The monoisotopic (exact) mass is 1160 g/mol. The van der Waals surface area contributed by atoms with Crippen LogP contribution in [0.5, 0.6) is 0 Å². The van der Waals surface area contributed by atoms with Gasteiger partial charge in [0.05, 0.1) is 38.6 Å². The van der Waals surface area contributed by atoms with Gasteiger partial charge in [-0.1, -0.05) is 182 Å². The predicted octanol–water partition coefficient (Wildman–Crippen LogP) is 5.76. The molecule has 0 radical (unpaired) electrons. The molecule has 3 aliphatic rings. The van der Waals surface area contributed by atoms with Crippen molar-refractivity contribution in [3.8, 4) is 0 Å². The topological polar surface area (TPSA) is 307 Å². The lowest BCUT2D eigenvalue weighted by molar-refractivity contribution is -0.379. The number of carbonyl (C=O) groups excluding carboxylic acids is 1. The van der Waals surface area contributed by atoms with Crippen LogP contribution in [0.4, 0.5) is 0 Å². The van der Waals surface area contributed by atoms with Crippen LogP contribution in [-0.4, -0.2) is 193 Å². The maximum Gasteiger partial charge on any atom is 0.224 e. The van der Waals surface area contributed by atoms with Crippen molar-refractivity contribution in [2.45, 2.75) is 266 Å². The Morgan fingerprint density at radius 3 is 1.34 bits per heavy atom. The van der Waals surface area contributed by atoms with E-state index in [2.05, 4.69) is 79.9 Å². The molecule has 0 aromatic rings. The summed E-state index contributed by atoms with van der Waals surface area (Å²) < 4.78 is 34.1. The maximum absolute atomic E-state index is 13.2. The Hall–Kier alpha value is -3.29. The van der Waals surface area contributed by atoms with Crippen LogP contribution in [0.2, 0.25) is 0 Å². The zero-order valence-electron chi connectivity index (χ0n) is 48.9. The maximum atomic E-state index is 13.2. The number of amides is 1. The molecule has 470 valence electrons. The van der Waals surface area contributed by atoms with Crippen molar-refractivity contribution >= 4 is 5.91 Å². The van der Waals surface area contributed by atoms with Crippen molar-refractivity contribution < 1.29 is 89.4 Å². The molecule has 3 aliphatic heterocycles. The summed E-state index contributed by atoms with van der Waals surface area (Å²) in [5.41, 5.74) is 0. The van der Waals surface area contributed by atoms with Gasteiger partial charge in [-0.15, -0.1) is 0 Å². The van der Waals surface area contributed by atoms with Gasteiger partial charge in [-0.3, -0.25) is 4.79 Å². The van der Waals surface area contributed by atoms with Gasteiger partial charge in [0.15, 0.2) is 18.9 Å². The summed E-state index contributed by atoms with van der Waals surface area (Å²) in [6.45, 7) is 1.49. The molecule has 3 saturated heterocycles. The highest BCUT2D eigenvalue weighted by atomic mass is 16.8. The third-order valence-corrected chi connectivity index (χ3v) is 14.6.